The Morgan fingerprint density at radius 2 is 1.96 bits per heavy atom. The molecule has 0 atom stereocenters. The summed E-state index contributed by atoms with van der Waals surface area (Å²) in [5.74, 6) is 0.864. The highest BCUT2D eigenvalue weighted by atomic mass is 32.2. The number of aromatic nitrogens is 4. The van der Waals surface area contributed by atoms with Gasteiger partial charge in [0.05, 0.1) is 11.3 Å². The van der Waals surface area contributed by atoms with Crippen molar-refractivity contribution in [3.05, 3.63) is 53.6 Å². The number of anilines is 1. The van der Waals surface area contributed by atoms with Crippen molar-refractivity contribution in [3.8, 4) is 10.6 Å². The van der Waals surface area contributed by atoms with Crippen molar-refractivity contribution < 1.29 is 13.2 Å². The molecule has 0 radical (unpaired) electrons. The molecule has 136 valence electrons. The van der Waals surface area contributed by atoms with E-state index < -0.39 is 11.7 Å². The van der Waals surface area contributed by atoms with E-state index in [0.717, 1.165) is 17.8 Å². The number of hydrogen-bond acceptors (Lipinski definition) is 6. The zero-order valence-corrected chi connectivity index (χ0v) is 15.0. The summed E-state index contributed by atoms with van der Waals surface area (Å²) in [5, 5.41) is 11.1. The van der Waals surface area contributed by atoms with Gasteiger partial charge in [-0.1, -0.05) is 30.0 Å². The Morgan fingerprint density at radius 1 is 1.23 bits per heavy atom. The Bertz CT molecular complexity index is 899. The van der Waals surface area contributed by atoms with E-state index in [2.05, 4.69) is 21.8 Å². The summed E-state index contributed by atoms with van der Waals surface area (Å²) in [6, 6.07) is 4.98. The smallest absolute Gasteiger partial charge is 0.368 e. The number of rotatable bonds is 6. The molecule has 10 heteroatoms. The van der Waals surface area contributed by atoms with Gasteiger partial charge in [-0.15, -0.1) is 28.1 Å². The first-order valence-electron chi connectivity index (χ1n) is 7.43. The minimum absolute atomic E-state index is 0.316. The molecule has 0 fully saturated rings. The third kappa shape index (κ3) is 4.07. The van der Waals surface area contributed by atoms with Crippen LogP contribution in [0.15, 0.2) is 47.5 Å². The molecular formula is C16H14F3N5S2. The first-order valence-corrected chi connectivity index (χ1v) is 9.29. The number of nitrogen functional groups attached to an aromatic ring is 1. The number of hydrogen-bond donors (Lipinski definition) is 1. The van der Waals surface area contributed by atoms with E-state index in [1.54, 1.807) is 10.6 Å². The maximum Gasteiger partial charge on any atom is 0.416 e. The number of thiazole rings is 1. The Labute approximate surface area is 155 Å². The Balaban J connectivity index is 1.69. The van der Waals surface area contributed by atoms with Crippen LogP contribution in [-0.4, -0.2) is 19.7 Å². The largest absolute Gasteiger partial charge is 0.416 e. The van der Waals surface area contributed by atoms with Gasteiger partial charge in [0.25, 0.3) is 0 Å². The number of allylic oxidation sites excluding steroid dienone is 1. The molecule has 2 heterocycles. The average Bonchev–Trinajstić information content (AvgIpc) is 3.21. The van der Waals surface area contributed by atoms with Gasteiger partial charge in [0.2, 0.25) is 5.95 Å². The summed E-state index contributed by atoms with van der Waals surface area (Å²) in [4.78, 5) is 4.48. The van der Waals surface area contributed by atoms with E-state index in [-0.39, 0.29) is 0 Å². The van der Waals surface area contributed by atoms with E-state index >= 15 is 0 Å². The molecule has 0 unspecified atom stereocenters. The molecule has 26 heavy (non-hydrogen) atoms. The molecular weight excluding hydrogens is 383 g/mol. The van der Waals surface area contributed by atoms with Crippen molar-refractivity contribution in [3.63, 3.8) is 0 Å². The third-order valence-electron chi connectivity index (χ3n) is 3.42. The van der Waals surface area contributed by atoms with Gasteiger partial charge in [0.1, 0.15) is 5.01 Å². The average molecular weight is 397 g/mol. The van der Waals surface area contributed by atoms with Gasteiger partial charge in [-0.05, 0) is 12.1 Å². The van der Waals surface area contributed by atoms with Crippen molar-refractivity contribution in [2.75, 3.05) is 5.73 Å². The van der Waals surface area contributed by atoms with Crippen molar-refractivity contribution in [1.82, 2.24) is 19.7 Å². The molecule has 0 aliphatic heterocycles. The lowest BCUT2D eigenvalue weighted by Gasteiger charge is -2.06. The quantitative estimate of drug-likeness (QED) is 0.491. The lowest BCUT2D eigenvalue weighted by Crippen LogP contribution is -2.03. The zero-order valence-electron chi connectivity index (χ0n) is 13.4. The lowest BCUT2D eigenvalue weighted by molar-refractivity contribution is -0.137. The fourth-order valence-electron chi connectivity index (χ4n) is 2.15. The molecule has 5 nitrogen and oxygen atoms in total. The van der Waals surface area contributed by atoms with E-state index in [0.29, 0.717) is 34.0 Å². The van der Waals surface area contributed by atoms with Gasteiger partial charge >= 0.3 is 6.18 Å². The topological polar surface area (TPSA) is 69.6 Å². The molecule has 0 spiro atoms. The molecule has 0 saturated carbocycles. The molecule has 2 aromatic heterocycles. The van der Waals surface area contributed by atoms with Crippen LogP contribution in [0.25, 0.3) is 10.6 Å². The Morgan fingerprint density at radius 3 is 2.62 bits per heavy atom. The van der Waals surface area contributed by atoms with Crippen LogP contribution in [0.4, 0.5) is 19.1 Å². The highest BCUT2D eigenvalue weighted by Crippen LogP contribution is 2.32. The van der Waals surface area contributed by atoms with Gasteiger partial charge in [0.15, 0.2) is 5.16 Å². The maximum absolute atomic E-state index is 12.6. The van der Waals surface area contributed by atoms with E-state index in [1.807, 2.05) is 5.38 Å². The van der Waals surface area contributed by atoms with Crippen molar-refractivity contribution in [1.29, 1.82) is 0 Å². The number of benzene rings is 1. The normalized spacial score (nSPS) is 11.7. The fourth-order valence-corrected chi connectivity index (χ4v) is 3.93. The van der Waals surface area contributed by atoms with Crippen LogP contribution < -0.4 is 5.73 Å². The second kappa shape index (κ2) is 7.50. The summed E-state index contributed by atoms with van der Waals surface area (Å²) in [6.45, 7) is 4.18. The first kappa shape index (κ1) is 18.5. The Hall–Kier alpha value is -2.33. The van der Waals surface area contributed by atoms with Crippen LogP contribution in [-0.2, 0) is 18.5 Å². The number of halogens is 3. The van der Waals surface area contributed by atoms with Crippen LogP contribution in [0.2, 0.25) is 0 Å². The summed E-state index contributed by atoms with van der Waals surface area (Å²) in [5.41, 5.74) is 6.54. The summed E-state index contributed by atoms with van der Waals surface area (Å²) in [6.07, 6.45) is -2.64. The van der Waals surface area contributed by atoms with Crippen LogP contribution in [0.3, 0.4) is 0 Å². The molecule has 0 saturated heterocycles. The highest BCUT2D eigenvalue weighted by Gasteiger charge is 2.30. The number of nitrogens with zero attached hydrogens (tertiary/aromatic N) is 4. The van der Waals surface area contributed by atoms with Gasteiger partial charge in [-0.2, -0.15) is 13.2 Å². The zero-order chi connectivity index (χ0) is 18.7. The molecule has 3 rings (SSSR count). The maximum atomic E-state index is 12.6. The molecule has 3 aromatic rings. The van der Waals surface area contributed by atoms with E-state index in [9.17, 15) is 13.2 Å². The number of thioether (sulfide) groups is 1. The Kier molecular flexibility index (Phi) is 5.33. The first-order chi connectivity index (χ1) is 12.4. The van der Waals surface area contributed by atoms with E-state index in [1.165, 1.54) is 35.2 Å². The van der Waals surface area contributed by atoms with Crippen molar-refractivity contribution >= 4 is 29.0 Å². The second-order valence-corrected chi connectivity index (χ2v) is 7.05. The van der Waals surface area contributed by atoms with Crippen LogP contribution in [0, 0.1) is 0 Å². The molecule has 0 amide bonds. The monoisotopic (exact) mass is 397 g/mol. The van der Waals surface area contributed by atoms with Crippen LogP contribution in [0.5, 0.6) is 0 Å². The summed E-state index contributed by atoms with van der Waals surface area (Å²) < 4.78 is 39.6. The van der Waals surface area contributed by atoms with Crippen molar-refractivity contribution in [2.45, 2.75) is 23.6 Å². The second-order valence-electron chi connectivity index (χ2n) is 5.25. The highest BCUT2D eigenvalue weighted by molar-refractivity contribution is 7.98. The van der Waals surface area contributed by atoms with Gasteiger partial charge in [-0.25, -0.2) is 4.98 Å². The number of nitrogens with two attached hydrogens (primary N) is 1. The minimum Gasteiger partial charge on any atom is -0.368 e. The van der Waals surface area contributed by atoms with Gasteiger partial charge < -0.3 is 5.73 Å². The van der Waals surface area contributed by atoms with Gasteiger partial charge in [0, 0.05) is 23.2 Å². The summed E-state index contributed by atoms with van der Waals surface area (Å²) >= 11 is 2.81. The predicted molar refractivity (Wildman–Crippen MR) is 96.7 cm³/mol. The molecule has 2 N–H and O–H groups in total. The molecule has 1 aromatic carbocycles. The van der Waals surface area contributed by atoms with Crippen LogP contribution >= 0.6 is 23.1 Å². The van der Waals surface area contributed by atoms with E-state index in [4.69, 9.17) is 5.73 Å². The minimum atomic E-state index is -4.34. The standard InChI is InChI=1S/C16H14F3N5S2/c1-2-7-24-14(20)22-23-15(24)26-9-12-8-25-13(21-12)10-3-5-11(6-4-10)16(17,18)19/h2-6,8H,1,7,9H2,(H2,20,22). The predicted octanol–water partition coefficient (Wildman–Crippen LogP) is 4.48. The molecule has 0 aliphatic rings. The molecule has 0 bridgehead atoms. The SMILES string of the molecule is C=CCn1c(N)nnc1SCc1csc(-c2ccc(C(F)(F)F)cc2)n1. The van der Waals surface area contributed by atoms with Gasteiger partial charge in [-0.3, -0.25) is 4.57 Å². The van der Waals surface area contributed by atoms with Crippen molar-refractivity contribution in [2.24, 2.45) is 0 Å². The lowest BCUT2D eigenvalue weighted by atomic mass is 10.1. The van der Waals surface area contributed by atoms with Crippen LogP contribution in [0.1, 0.15) is 11.3 Å². The molecule has 0 aliphatic carbocycles. The third-order valence-corrected chi connectivity index (χ3v) is 5.36. The fraction of sp³-hybridized carbons (Fsp3) is 0.188. The summed E-state index contributed by atoms with van der Waals surface area (Å²) in [7, 11) is 0. The number of alkyl halides is 3.